The third-order valence-electron chi connectivity index (χ3n) is 4.69. The molecule has 1 aliphatic rings. The Balaban J connectivity index is 0.00000168. The zero-order valence-corrected chi connectivity index (χ0v) is 15.9. The highest BCUT2D eigenvalue weighted by atomic mass is 35.5. The van der Waals surface area contributed by atoms with Crippen LogP contribution in [0.4, 0.5) is 0 Å². The molecule has 1 N–H and O–H groups in total. The zero-order chi connectivity index (χ0) is 17.0. The maximum absolute atomic E-state index is 6.43. The molecule has 0 fully saturated rings. The van der Waals surface area contributed by atoms with Crippen molar-refractivity contribution in [3.05, 3.63) is 87.9 Å². The molecule has 0 aliphatic carbocycles. The summed E-state index contributed by atoms with van der Waals surface area (Å²) in [6.45, 7) is 0.666. The maximum atomic E-state index is 6.43. The molecule has 0 radical (unpaired) electrons. The molecule has 26 heavy (non-hydrogen) atoms. The second kappa shape index (κ2) is 6.67. The van der Waals surface area contributed by atoms with Crippen molar-refractivity contribution in [3.63, 3.8) is 0 Å². The number of rotatable bonds is 1. The minimum absolute atomic E-state index is 0. The number of nitrogens with one attached hydrogen (secondary N) is 1. The van der Waals surface area contributed by atoms with Crippen LogP contribution in [0.25, 0.3) is 16.7 Å². The highest BCUT2D eigenvalue weighted by Crippen LogP contribution is 2.35. The summed E-state index contributed by atoms with van der Waals surface area (Å²) in [4.78, 5) is 0. The van der Waals surface area contributed by atoms with Gasteiger partial charge in [-0.3, -0.25) is 5.32 Å². The molecule has 1 aliphatic heterocycles. The Kier molecular flexibility index (Phi) is 4.49. The van der Waals surface area contributed by atoms with Gasteiger partial charge in [-0.05, 0) is 48.5 Å². The molecule has 2 aromatic heterocycles. The summed E-state index contributed by atoms with van der Waals surface area (Å²) in [6, 6.07) is 17.8. The Labute approximate surface area is 166 Å². The number of furan rings is 1. The standard InChI is InChI=1S/C20H14Cl2N2O.ClH/c21-13-6-7-18-12(9-13)10-19(25-18)20-17-5-2-8-24(17)16-4-1-3-15(22)14(16)11-23-20;/h1-10,20,23H,11H2;1H. The van der Waals surface area contributed by atoms with Crippen molar-refractivity contribution in [2.75, 3.05) is 0 Å². The largest absolute Gasteiger partial charge is 0.459 e. The molecular formula is C20H15Cl3N2O. The van der Waals surface area contributed by atoms with Crippen LogP contribution in [0, 0.1) is 0 Å². The number of fused-ring (bicyclic) bond motifs is 4. The molecule has 0 saturated carbocycles. The fraction of sp³-hybridized carbons (Fsp3) is 0.100. The van der Waals surface area contributed by atoms with Crippen LogP contribution in [0.2, 0.25) is 10.0 Å². The van der Waals surface area contributed by atoms with E-state index in [0.29, 0.717) is 11.6 Å². The summed E-state index contributed by atoms with van der Waals surface area (Å²) in [7, 11) is 0. The highest BCUT2D eigenvalue weighted by Gasteiger charge is 2.26. The lowest BCUT2D eigenvalue weighted by Gasteiger charge is -2.14. The second-order valence-corrected chi connectivity index (χ2v) is 7.03. The Morgan fingerprint density at radius 2 is 1.92 bits per heavy atom. The molecule has 1 atom stereocenters. The molecule has 0 bridgehead atoms. The van der Waals surface area contributed by atoms with Gasteiger partial charge in [0.25, 0.3) is 0 Å². The van der Waals surface area contributed by atoms with Crippen LogP contribution in [-0.4, -0.2) is 4.57 Å². The first-order valence-electron chi connectivity index (χ1n) is 8.08. The monoisotopic (exact) mass is 404 g/mol. The third kappa shape index (κ3) is 2.72. The predicted molar refractivity (Wildman–Crippen MR) is 108 cm³/mol. The van der Waals surface area contributed by atoms with Crippen molar-refractivity contribution in [1.82, 2.24) is 9.88 Å². The van der Waals surface area contributed by atoms with Crippen molar-refractivity contribution in [2.24, 2.45) is 0 Å². The summed E-state index contributed by atoms with van der Waals surface area (Å²) < 4.78 is 8.28. The van der Waals surface area contributed by atoms with Crippen LogP contribution in [0.5, 0.6) is 0 Å². The van der Waals surface area contributed by atoms with Gasteiger partial charge in [-0.2, -0.15) is 0 Å². The summed E-state index contributed by atoms with van der Waals surface area (Å²) in [5.74, 6) is 0.862. The smallest absolute Gasteiger partial charge is 0.134 e. The van der Waals surface area contributed by atoms with Gasteiger partial charge in [-0.1, -0.05) is 29.3 Å². The van der Waals surface area contributed by atoms with Gasteiger partial charge in [-0.15, -0.1) is 12.4 Å². The molecule has 5 rings (SSSR count). The molecule has 4 aromatic rings. The first-order valence-corrected chi connectivity index (χ1v) is 8.84. The summed E-state index contributed by atoms with van der Waals surface area (Å²) in [5, 5.41) is 6.05. The van der Waals surface area contributed by atoms with Gasteiger partial charge in [0.1, 0.15) is 17.4 Å². The Hall–Kier alpha value is -1.91. The molecular weight excluding hydrogens is 391 g/mol. The molecule has 0 saturated heterocycles. The van der Waals surface area contributed by atoms with Crippen LogP contribution < -0.4 is 5.32 Å². The first-order chi connectivity index (χ1) is 12.2. The van der Waals surface area contributed by atoms with E-state index in [1.165, 1.54) is 0 Å². The van der Waals surface area contributed by atoms with Crippen LogP contribution >= 0.6 is 35.6 Å². The lowest BCUT2D eigenvalue weighted by Crippen LogP contribution is -2.20. The van der Waals surface area contributed by atoms with E-state index in [2.05, 4.69) is 28.2 Å². The van der Waals surface area contributed by atoms with E-state index >= 15 is 0 Å². The SMILES string of the molecule is Cl.Clc1ccc2oc(C3NCc4c(Cl)cccc4-n4cccc43)cc2c1. The van der Waals surface area contributed by atoms with Gasteiger partial charge in [-0.25, -0.2) is 0 Å². The fourth-order valence-electron chi connectivity index (χ4n) is 3.53. The summed E-state index contributed by atoms with van der Waals surface area (Å²) in [6.07, 6.45) is 2.06. The average Bonchev–Trinajstić information content (AvgIpc) is 3.20. The number of hydrogen-bond acceptors (Lipinski definition) is 2. The number of nitrogens with zero attached hydrogens (tertiary/aromatic N) is 1. The van der Waals surface area contributed by atoms with E-state index < -0.39 is 0 Å². The zero-order valence-electron chi connectivity index (χ0n) is 13.6. The minimum Gasteiger partial charge on any atom is -0.459 e. The van der Waals surface area contributed by atoms with Gasteiger partial charge >= 0.3 is 0 Å². The quantitative estimate of drug-likeness (QED) is 0.412. The molecule has 0 amide bonds. The summed E-state index contributed by atoms with van der Waals surface area (Å²) in [5.41, 5.74) is 4.13. The lowest BCUT2D eigenvalue weighted by atomic mass is 10.1. The van der Waals surface area contributed by atoms with Crippen molar-refractivity contribution >= 4 is 46.6 Å². The van der Waals surface area contributed by atoms with Gasteiger partial charge in [0.2, 0.25) is 0 Å². The molecule has 6 heteroatoms. The van der Waals surface area contributed by atoms with Gasteiger partial charge in [0, 0.05) is 39.4 Å². The van der Waals surface area contributed by atoms with Crippen LogP contribution in [0.15, 0.2) is 65.2 Å². The van der Waals surface area contributed by atoms with Crippen LogP contribution in [-0.2, 0) is 6.54 Å². The lowest BCUT2D eigenvalue weighted by molar-refractivity contribution is 0.465. The van der Waals surface area contributed by atoms with E-state index in [0.717, 1.165) is 38.7 Å². The number of benzene rings is 2. The second-order valence-electron chi connectivity index (χ2n) is 6.19. The van der Waals surface area contributed by atoms with Gasteiger partial charge in [0.05, 0.1) is 5.69 Å². The first kappa shape index (κ1) is 17.5. The van der Waals surface area contributed by atoms with Crippen LogP contribution in [0.3, 0.4) is 0 Å². The van der Waals surface area contributed by atoms with Crippen molar-refractivity contribution in [1.29, 1.82) is 0 Å². The number of aromatic nitrogens is 1. The van der Waals surface area contributed by atoms with Crippen molar-refractivity contribution < 1.29 is 4.42 Å². The van der Waals surface area contributed by atoms with Gasteiger partial charge < -0.3 is 8.98 Å². The van der Waals surface area contributed by atoms with Crippen molar-refractivity contribution in [2.45, 2.75) is 12.6 Å². The Bertz CT molecular complexity index is 1100. The van der Waals surface area contributed by atoms with E-state index in [1.807, 2.05) is 42.5 Å². The minimum atomic E-state index is -0.0651. The average molecular weight is 406 g/mol. The Morgan fingerprint density at radius 1 is 1.04 bits per heavy atom. The molecule has 2 aromatic carbocycles. The predicted octanol–water partition coefficient (Wildman–Crippen LogP) is 6.14. The van der Waals surface area contributed by atoms with Crippen LogP contribution in [0.1, 0.15) is 23.1 Å². The van der Waals surface area contributed by atoms with Gasteiger partial charge in [0.15, 0.2) is 0 Å². The Morgan fingerprint density at radius 3 is 2.81 bits per heavy atom. The fourth-order valence-corrected chi connectivity index (χ4v) is 3.95. The summed E-state index contributed by atoms with van der Waals surface area (Å²) >= 11 is 12.5. The van der Waals surface area contributed by atoms with E-state index in [1.54, 1.807) is 0 Å². The number of halogens is 3. The number of hydrogen-bond donors (Lipinski definition) is 1. The maximum Gasteiger partial charge on any atom is 0.134 e. The highest BCUT2D eigenvalue weighted by molar-refractivity contribution is 6.31. The third-order valence-corrected chi connectivity index (χ3v) is 5.28. The molecule has 3 nitrogen and oxygen atoms in total. The van der Waals surface area contributed by atoms with E-state index in [9.17, 15) is 0 Å². The molecule has 1 unspecified atom stereocenters. The molecule has 132 valence electrons. The van der Waals surface area contributed by atoms with E-state index in [4.69, 9.17) is 27.6 Å². The molecule has 0 spiro atoms. The van der Waals surface area contributed by atoms with Crippen molar-refractivity contribution in [3.8, 4) is 5.69 Å². The topological polar surface area (TPSA) is 30.1 Å². The van der Waals surface area contributed by atoms with E-state index in [-0.39, 0.29) is 18.4 Å². The molecule has 3 heterocycles. The normalized spacial score (nSPS) is 15.8.